The molecule has 0 aliphatic carbocycles. The van der Waals surface area contributed by atoms with Crippen LogP contribution in [-0.4, -0.2) is 39.1 Å². The third-order valence-corrected chi connectivity index (χ3v) is 4.99. The van der Waals surface area contributed by atoms with E-state index in [2.05, 4.69) is 15.3 Å². The Labute approximate surface area is 148 Å². The van der Waals surface area contributed by atoms with Crippen molar-refractivity contribution in [2.45, 2.75) is 25.8 Å². The Bertz CT molecular complexity index is 735. The van der Waals surface area contributed by atoms with Gasteiger partial charge in [0.2, 0.25) is 5.91 Å². The van der Waals surface area contributed by atoms with E-state index < -0.39 is 0 Å². The molecule has 0 fully saturated rings. The highest BCUT2D eigenvalue weighted by atomic mass is 35.5. The lowest BCUT2D eigenvalue weighted by atomic mass is 10.1. The molecule has 3 rings (SSSR count). The number of hydrogen-bond acceptors (Lipinski definition) is 5. The number of nitrogens with zero attached hydrogens (tertiary/aromatic N) is 3. The molecule has 1 aliphatic rings. The number of fused-ring (bicyclic) bond motifs is 1. The van der Waals surface area contributed by atoms with Gasteiger partial charge in [-0.2, -0.15) is 0 Å². The first-order chi connectivity index (χ1) is 11.7. The molecule has 2 aromatic rings. The Morgan fingerprint density at radius 2 is 2.25 bits per heavy atom. The second-order valence-corrected chi connectivity index (χ2v) is 6.88. The van der Waals surface area contributed by atoms with Gasteiger partial charge in [0.15, 0.2) is 5.13 Å². The van der Waals surface area contributed by atoms with Crippen molar-refractivity contribution < 1.29 is 9.59 Å². The molecule has 8 heteroatoms. The zero-order chi connectivity index (χ0) is 16.9. The molecule has 0 spiro atoms. The fourth-order valence-corrected chi connectivity index (χ4v) is 3.65. The van der Waals surface area contributed by atoms with Crippen LogP contribution in [0.2, 0.25) is 0 Å². The van der Waals surface area contributed by atoms with E-state index in [9.17, 15) is 9.59 Å². The lowest BCUT2D eigenvalue weighted by Crippen LogP contribution is -2.35. The summed E-state index contributed by atoms with van der Waals surface area (Å²) in [6.45, 7) is 1.21. The summed E-state index contributed by atoms with van der Waals surface area (Å²) in [5.74, 6) is 0.334. The van der Waals surface area contributed by atoms with Gasteiger partial charge < -0.3 is 4.90 Å². The maximum absolute atomic E-state index is 12.1. The fraction of sp³-hybridized carbons (Fsp3) is 0.375. The van der Waals surface area contributed by atoms with Crippen molar-refractivity contribution in [3.63, 3.8) is 0 Å². The van der Waals surface area contributed by atoms with Gasteiger partial charge in [0, 0.05) is 36.3 Å². The van der Waals surface area contributed by atoms with Crippen LogP contribution in [-0.2, 0) is 17.8 Å². The van der Waals surface area contributed by atoms with Crippen molar-refractivity contribution >= 4 is 39.9 Å². The summed E-state index contributed by atoms with van der Waals surface area (Å²) in [5, 5.41) is 3.33. The summed E-state index contributed by atoms with van der Waals surface area (Å²) in [4.78, 5) is 35.6. The maximum Gasteiger partial charge on any atom is 0.276 e. The van der Waals surface area contributed by atoms with Crippen LogP contribution in [0.25, 0.3) is 0 Å². The quantitative estimate of drug-likeness (QED) is 0.828. The topological polar surface area (TPSA) is 75.2 Å². The minimum atomic E-state index is -0.281. The number of nitrogens with one attached hydrogen (secondary N) is 1. The van der Waals surface area contributed by atoms with Gasteiger partial charge in [-0.1, -0.05) is 17.4 Å². The van der Waals surface area contributed by atoms with Crippen molar-refractivity contribution in [1.29, 1.82) is 0 Å². The molecular formula is C16H17ClN4O2S. The number of carbonyl (C=O) groups is 2. The van der Waals surface area contributed by atoms with Gasteiger partial charge in [0.1, 0.15) is 5.69 Å². The Hall–Kier alpha value is -1.99. The lowest BCUT2D eigenvalue weighted by molar-refractivity contribution is -0.132. The molecule has 1 N–H and O–H groups in total. The molecule has 6 nitrogen and oxygen atoms in total. The van der Waals surface area contributed by atoms with Crippen LogP contribution in [0.5, 0.6) is 0 Å². The SMILES string of the molecule is O=C(Nc1nc2c(s1)CN(C(=O)CCCCl)CC2)c1ccccn1. The fourth-order valence-electron chi connectivity index (χ4n) is 2.50. The van der Waals surface area contributed by atoms with E-state index in [0.717, 1.165) is 10.6 Å². The molecule has 126 valence electrons. The Morgan fingerprint density at radius 1 is 1.38 bits per heavy atom. The zero-order valence-electron chi connectivity index (χ0n) is 13.0. The average molecular weight is 365 g/mol. The van der Waals surface area contributed by atoms with Crippen molar-refractivity contribution in [2.75, 3.05) is 17.7 Å². The van der Waals surface area contributed by atoms with E-state index in [4.69, 9.17) is 11.6 Å². The van der Waals surface area contributed by atoms with Gasteiger partial charge >= 0.3 is 0 Å². The number of thiazole rings is 1. The van der Waals surface area contributed by atoms with E-state index in [-0.39, 0.29) is 11.8 Å². The first-order valence-corrected chi connectivity index (χ1v) is 9.07. The van der Waals surface area contributed by atoms with Gasteiger partial charge in [-0.05, 0) is 18.6 Å². The number of halogens is 1. The molecule has 3 heterocycles. The number of pyridine rings is 1. The standard InChI is InChI=1S/C16H17ClN4O2S/c17-7-3-5-14(22)21-9-6-11-13(10-21)24-16(19-11)20-15(23)12-4-1-2-8-18-12/h1-2,4,8H,3,5-7,9-10H2,(H,19,20,23). The molecular weight excluding hydrogens is 348 g/mol. The summed E-state index contributed by atoms with van der Waals surface area (Å²) >= 11 is 7.06. The van der Waals surface area contributed by atoms with Crippen molar-refractivity contribution in [1.82, 2.24) is 14.9 Å². The highest BCUT2D eigenvalue weighted by Gasteiger charge is 2.24. The van der Waals surface area contributed by atoms with Gasteiger partial charge in [-0.3, -0.25) is 19.9 Å². The van der Waals surface area contributed by atoms with Crippen LogP contribution >= 0.6 is 22.9 Å². The van der Waals surface area contributed by atoms with Gasteiger partial charge in [0.25, 0.3) is 5.91 Å². The number of hydrogen-bond donors (Lipinski definition) is 1. The summed E-state index contributed by atoms with van der Waals surface area (Å²) in [6, 6.07) is 5.17. The average Bonchev–Trinajstić information content (AvgIpc) is 3.01. The lowest BCUT2D eigenvalue weighted by Gasteiger charge is -2.26. The van der Waals surface area contributed by atoms with E-state index >= 15 is 0 Å². The molecule has 0 saturated heterocycles. The van der Waals surface area contributed by atoms with Crippen LogP contribution in [0.15, 0.2) is 24.4 Å². The Kier molecular flexibility index (Phi) is 5.42. The molecule has 2 aromatic heterocycles. The molecule has 0 bridgehead atoms. The smallest absolute Gasteiger partial charge is 0.276 e. The molecule has 1 aliphatic heterocycles. The summed E-state index contributed by atoms with van der Waals surface area (Å²) in [6.07, 6.45) is 3.45. The third kappa shape index (κ3) is 3.91. The number of rotatable bonds is 5. The molecule has 24 heavy (non-hydrogen) atoms. The number of alkyl halides is 1. The molecule has 0 aromatic carbocycles. The minimum absolute atomic E-state index is 0.119. The largest absolute Gasteiger partial charge is 0.337 e. The van der Waals surface area contributed by atoms with E-state index in [1.54, 1.807) is 24.4 Å². The minimum Gasteiger partial charge on any atom is -0.337 e. The van der Waals surface area contributed by atoms with E-state index in [1.165, 1.54) is 11.3 Å². The van der Waals surface area contributed by atoms with Crippen molar-refractivity contribution in [3.05, 3.63) is 40.7 Å². The molecule has 0 atom stereocenters. The highest BCUT2D eigenvalue weighted by Crippen LogP contribution is 2.28. The number of carbonyl (C=O) groups excluding carboxylic acids is 2. The number of amides is 2. The second-order valence-electron chi connectivity index (χ2n) is 5.42. The van der Waals surface area contributed by atoms with Crippen molar-refractivity contribution in [3.8, 4) is 0 Å². The normalized spacial score (nSPS) is 13.5. The number of aromatic nitrogens is 2. The zero-order valence-corrected chi connectivity index (χ0v) is 14.6. The third-order valence-electron chi connectivity index (χ3n) is 3.73. The summed E-state index contributed by atoms with van der Waals surface area (Å²) < 4.78 is 0. The Balaban J connectivity index is 1.65. The first-order valence-electron chi connectivity index (χ1n) is 7.72. The monoisotopic (exact) mass is 364 g/mol. The summed E-state index contributed by atoms with van der Waals surface area (Å²) in [7, 11) is 0. The van der Waals surface area contributed by atoms with Gasteiger partial charge in [-0.25, -0.2) is 4.98 Å². The molecule has 0 radical (unpaired) electrons. The van der Waals surface area contributed by atoms with Gasteiger partial charge in [-0.15, -0.1) is 11.6 Å². The van der Waals surface area contributed by atoms with E-state index in [1.807, 2.05) is 4.90 Å². The van der Waals surface area contributed by atoms with Crippen LogP contribution in [0, 0.1) is 0 Å². The molecule has 0 saturated carbocycles. The van der Waals surface area contributed by atoms with E-state index in [0.29, 0.717) is 49.1 Å². The van der Waals surface area contributed by atoms with Gasteiger partial charge in [0.05, 0.1) is 12.2 Å². The van der Waals surface area contributed by atoms with Crippen molar-refractivity contribution in [2.24, 2.45) is 0 Å². The Morgan fingerprint density at radius 3 is 3.00 bits per heavy atom. The van der Waals surface area contributed by atoms with Crippen LogP contribution in [0.4, 0.5) is 5.13 Å². The first kappa shape index (κ1) is 16.9. The predicted molar refractivity (Wildman–Crippen MR) is 93.4 cm³/mol. The second kappa shape index (κ2) is 7.72. The number of anilines is 1. The molecule has 0 unspecified atom stereocenters. The van der Waals surface area contributed by atoms with Crippen LogP contribution in [0.3, 0.4) is 0 Å². The van der Waals surface area contributed by atoms with Crippen LogP contribution < -0.4 is 5.32 Å². The predicted octanol–water partition coefficient (Wildman–Crippen LogP) is 2.69. The molecule has 2 amide bonds. The summed E-state index contributed by atoms with van der Waals surface area (Å²) in [5.41, 5.74) is 1.31. The maximum atomic E-state index is 12.1. The van der Waals surface area contributed by atoms with Crippen LogP contribution in [0.1, 0.15) is 33.9 Å². The highest BCUT2D eigenvalue weighted by molar-refractivity contribution is 7.15.